The smallest absolute Gasteiger partial charge is 0.241 e. The van der Waals surface area contributed by atoms with Gasteiger partial charge in [0.05, 0.1) is 4.90 Å². The van der Waals surface area contributed by atoms with Crippen LogP contribution in [0, 0.1) is 5.82 Å². The third-order valence-corrected chi connectivity index (χ3v) is 7.48. The Labute approximate surface area is 205 Å². The molecule has 0 aliphatic heterocycles. The van der Waals surface area contributed by atoms with Crippen molar-refractivity contribution < 1.29 is 17.6 Å². The Hall–Kier alpha value is -3.01. The maximum absolute atomic E-state index is 13.1. The summed E-state index contributed by atoms with van der Waals surface area (Å²) < 4.78 is 42.5. The summed E-state index contributed by atoms with van der Waals surface area (Å²) in [6, 6.07) is 18.9. The van der Waals surface area contributed by atoms with Gasteiger partial charge in [0.1, 0.15) is 11.9 Å². The minimum absolute atomic E-state index is 0.0683. The van der Waals surface area contributed by atoms with E-state index in [1.165, 1.54) is 24.3 Å². The van der Waals surface area contributed by atoms with Gasteiger partial charge < -0.3 is 10.3 Å². The number of para-hydroxylation sites is 1. The van der Waals surface area contributed by atoms with E-state index in [1.807, 2.05) is 24.3 Å². The largest absolute Gasteiger partial charge is 0.361 e. The molecule has 0 spiro atoms. The summed E-state index contributed by atoms with van der Waals surface area (Å²) in [5.41, 5.74) is 2.60. The number of hydrogen-bond donors (Lipinski definition) is 3. The van der Waals surface area contributed by atoms with Crippen molar-refractivity contribution in [2.45, 2.75) is 23.8 Å². The zero-order valence-corrected chi connectivity index (χ0v) is 20.5. The fourth-order valence-electron chi connectivity index (χ4n) is 3.68. The zero-order chi connectivity index (χ0) is 24.1. The lowest BCUT2D eigenvalue weighted by molar-refractivity contribution is -0.122. The Morgan fingerprint density at radius 3 is 2.44 bits per heavy atom. The van der Waals surface area contributed by atoms with Crippen LogP contribution >= 0.6 is 15.9 Å². The third-order valence-electron chi connectivity index (χ3n) is 5.46. The van der Waals surface area contributed by atoms with Crippen molar-refractivity contribution in [3.05, 3.63) is 100 Å². The van der Waals surface area contributed by atoms with Crippen LogP contribution in [0.1, 0.15) is 11.1 Å². The number of benzene rings is 3. The van der Waals surface area contributed by atoms with Gasteiger partial charge in [-0.25, -0.2) is 12.8 Å². The van der Waals surface area contributed by atoms with E-state index in [9.17, 15) is 17.6 Å². The quantitative estimate of drug-likeness (QED) is 0.293. The normalized spacial score (nSPS) is 12.5. The molecule has 1 heterocycles. The Balaban J connectivity index is 1.53. The van der Waals surface area contributed by atoms with Gasteiger partial charge in [-0.3, -0.25) is 4.79 Å². The van der Waals surface area contributed by atoms with Crippen molar-refractivity contribution >= 4 is 42.8 Å². The van der Waals surface area contributed by atoms with E-state index in [0.29, 0.717) is 6.42 Å². The summed E-state index contributed by atoms with van der Waals surface area (Å²) >= 11 is 3.30. The number of hydrogen-bond acceptors (Lipinski definition) is 3. The van der Waals surface area contributed by atoms with Gasteiger partial charge in [-0.05, 0) is 66.4 Å². The summed E-state index contributed by atoms with van der Waals surface area (Å²) in [4.78, 5) is 16.3. The lowest BCUT2D eigenvalue weighted by atomic mass is 10.0. The Morgan fingerprint density at radius 2 is 1.71 bits per heavy atom. The van der Waals surface area contributed by atoms with Gasteiger partial charge in [-0.1, -0.05) is 46.3 Å². The number of sulfonamides is 1. The van der Waals surface area contributed by atoms with Crippen molar-refractivity contribution in [3.63, 3.8) is 0 Å². The van der Waals surface area contributed by atoms with E-state index in [2.05, 4.69) is 31.0 Å². The molecule has 6 nitrogen and oxygen atoms in total. The van der Waals surface area contributed by atoms with Gasteiger partial charge in [0.2, 0.25) is 15.9 Å². The van der Waals surface area contributed by atoms with Crippen LogP contribution in [0.15, 0.2) is 88.4 Å². The number of nitrogens with one attached hydrogen (secondary N) is 3. The van der Waals surface area contributed by atoms with Crippen LogP contribution in [-0.2, 0) is 27.7 Å². The van der Waals surface area contributed by atoms with Crippen molar-refractivity contribution in [1.29, 1.82) is 0 Å². The monoisotopic (exact) mass is 543 g/mol. The molecule has 3 aromatic carbocycles. The minimum Gasteiger partial charge on any atom is -0.361 e. The molecule has 176 valence electrons. The van der Waals surface area contributed by atoms with Crippen molar-refractivity contribution in [2.24, 2.45) is 0 Å². The number of carbonyl (C=O) groups excluding carboxylic acids is 1. The third kappa shape index (κ3) is 5.91. The molecule has 0 fully saturated rings. The van der Waals surface area contributed by atoms with Crippen molar-refractivity contribution in [1.82, 2.24) is 15.0 Å². The fourth-order valence-corrected chi connectivity index (χ4v) is 5.14. The maximum atomic E-state index is 13.1. The molecule has 0 saturated heterocycles. The number of fused-ring (bicyclic) bond motifs is 1. The molecule has 0 aliphatic rings. The Bertz CT molecular complexity index is 1390. The highest BCUT2D eigenvalue weighted by atomic mass is 79.9. The van der Waals surface area contributed by atoms with Crippen LogP contribution in [0.25, 0.3) is 10.9 Å². The van der Waals surface area contributed by atoms with Crippen molar-refractivity contribution in [2.75, 3.05) is 6.54 Å². The average molecular weight is 544 g/mol. The number of aromatic amines is 1. The topological polar surface area (TPSA) is 91.1 Å². The second kappa shape index (κ2) is 10.5. The number of aromatic nitrogens is 1. The van der Waals surface area contributed by atoms with Crippen LogP contribution in [0.4, 0.5) is 4.39 Å². The fraction of sp³-hybridized carbons (Fsp3) is 0.160. The number of halogens is 2. The van der Waals surface area contributed by atoms with Gasteiger partial charge in [0.15, 0.2) is 0 Å². The first kappa shape index (κ1) is 24.1. The molecule has 3 N–H and O–H groups in total. The molecule has 0 saturated carbocycles. The van der Waals surface area contributed by atoms with Crippen molar-refractivity contribution in [3.8, 4) is 0 Å². The molecule has 0 aliphatic carbocycles. The molecule has 0 bridgehead atoms. The second-order valence-electron chi connectivity index (χ2n) is 7.86. The zero-order valence-electron chi connectivity index (χ0n) is 18.1. The van der Waals surface area contributed by atoms with E-state index >= 15 is 0 Å². The Kier molecular flexibility index (Phi) is 7.45. The highest BCUT2D eigenvalue weighted by Crippen LogP contribution is 2.20. The predicted octanol–water partition coefficient (Wildman–Crippen LogP) is 4.32. The summed E-state index contributed by atoms with van der Waals surface area (Å²) in [6.07, 6.45) is 2.45. The molecule has 1 aromatic heterocycles. The van der Waals surface area contributed by atoms with E-state index in [4.69, 9.17) is 0 Å². The highest BCUT2D eigenvalue weighted by molar-refractivity contribution is 9.10. The van der Waals surface area contributed by atoms with E-state index in [1.54, 1.807) is 30.5 Å². The van der Waals surface area contributed by atoms with Crippen LogP contribution in [-0.4, -0.2) is 31.9 Å². The summed E-state index contributed by atoms with van der Waals surface area (Å²) in [6.45, 7) is 0.287. The highest BCUT2D eigenvalue weighted by Gasteiger charge is 2.27. The SMILES string of the molecule is O=C(NCCc1ccc(F)cc1)[C@H](Cc1c[nH]c2ccccc12)NS(=O)(=O)c1ccc(Br)cc1. The number of rotatable bonds is 9. The number of H-pyrrole nitrogens is 1. The first-order valence-electron chi connectivity index (χ1n) is 10.7. The lowest BCUT2D eigenvalue weighted by Gasteiger charge is -2.19. The van der Waals surface area contributed by atoms with Crippen LogP contribution in [0.3, 0.4) is 0 Å². The van der Waals surface area contributed by atoms with Gasteiger partial charge in [-0.2, -0.15) is 4.72 Å². The first-order valence-corrected chi connectivity index (χ1v) is 12.9. The molecule has 9 heteroatoms. The Morgan fingerprint density at radius 1 is 1.00 bits per heavy atom. The molecular formula is C25H23BrFN3O3S. The van der Waals surface area contributed by atoms with Gasteiger partial charge >= 0.3 is 0 Å². The summed E-state index contributed by atoms with van der Waals surface area (Å²) in [5.74, 6) is -0.762. The average Bonchev–Trinajstić information content (AvgIpc) is 3.23. The maximum Gasteiger partial charge on any atom is 0.241 e. The molecule has 1 amide bonds. The van der Waals surface area contributed by atoms with E-state index in [0.717, 1.165) is 26.5 Å². The molecular weight excluding hydrogens is 521 g/mol. The number of carbonyl (C=O) groups is 1. The van der Waals surface area contributed by atoms with Gasteiger partial charge in [0, 0.05) is 28.1 Å². The summed E-state index contributed by atoms with van der Waals surface area (Å²) in [5, 5.41) is 3.74. The molecule has 0 radical (unpaired) electrons. The molecule has 34 heavy (non-hydrogen) atoms. The van der Waals surface area contributed by atoms with Crippen LogP contribution in [0.2, 0.25) is 0 Å². The first-order chi connectivity index (χ1) is 16.3. The molecule has 4 rings (SSSR count). The lowest BCUT2D eigenvalue weighted by Crippen LogP contribution is -2.48. The van der Waals surface area contributed by atoms with Crippen LogP contribution < -0.4 is 10.0 Å². The summed E-state index contributed by atoms with van der Waals surface area (Å²) in [7, 11) is -3.94. The van der Waals surface area contributed by atoms with Gasteiger partial charge in [0.25, 0.3) is 0 Å². The van der Waals surface area contributed by atoms with E-state index < -0.39 is 22.0 Å². The van der Waals surface area contributed by atoms with E-state index in [-0.39, 0.29) is 23.7 Å². The molecule has 1 atom stereocenters. The minimum atomic E-state index is -3.94. The standard InChI is InChI=1S/C25H23BrFN3O3S/c26-19-7-11-21(12-8-19)34(32,33)30-24(15-18-16-29-23-4-2-1-3-22(18)23)25(31)28-14-13-17-5-9-20(27)10-6-17/h1-12,16,24,29-30H,13-15H2,(H,28,31)/t24-/m0/s1. The van der Waals surface area contributed by atoms with Gasteiger partial charge in [-0.15, -0.1) is 0 Å². The number of amides is 1. The second-order valence-corrected chi connectivity index (χ2v) is 10.5. The van der Waals surface area contributed by atoms with Crippen LogP contribution in [0.5, 0.6) is 0 Å². The molecule has 0 unspecified atom stereocenters. The molecule has 4 aromatic rings. The predicted molar refractivity (Wildman–Crippen MR) is 133 cm³/mol.